The summed E-state index contributed by atoms with van der Waals surface area (Å²) >= 11 is 30.7. The average Bonchev–Trinajstić information content (AvgIpc) is 2.32. The molecule has 2 rings (SSSR count). The summed E-state index contributed by atoms with van der Waals surface area (Å²) in [5.74, 6) is 0. The highest BCUT2D eigenvalue weighted by molar-refractivity contribution is 6.39. The normalized spacial score (nSPS) is 12.5. The summed E-state index contributed by atoms with van der Waals surface area (Å²) in [5.41, 5.74) is 1.31. The van der Waals surface area contributed by atoms with Crippen molar-refractivity contribution in [2.24, 2.45) is 0 Å². The van der Waals surface area contributed by atoms with Crippen LogP contribution in [-0.4, -0.2) is 0 Å². The van der Waals surface area contributed by atoms with Gasteiger partial charge in [0, 0.05) is 25.7 Å². The van der Waals surface area contributed by atoms with Gasteiger partial charge in [0.1, 0.15) is 0 Å². The predicted octanol–water partition coefficient (Wildman–Crippen LogP) is 6.63. The van der Waals surface area contributed by atoms with E-state index in [9.17, 15) is 0 Å². The largest absolute Gasteiger partial charge is 0.112 e. The zero-order valence-electron chi connectivity index (χ0n) is 8.93. The molecule has 0 nitrogen and oxygen atoms in total. The molecule has 0 heterocycles. The van der Waals surface area contributed by atoms with Crippen LogP contribution in [-0.2, 0) is 0 Å². The minimum atomic E-state index is -0.544. The lowest BCUT2D eigenvalue weighted by Gasteiger charge is -2.15. The van der Waals surface area contributed by atoms with Crippen LogP contribution in [0.2, 0.25) is 20.1 Å². The van der Waals surface area contributed by atoms with E-state index in [-0.39, 0.29) is 0 Å². The van der Waals surface area contributed by atoms with Crippen molar-refractivity contribution >= 4 is 58.0 Å². The van der Waals surface area contributed by atoms with E-state index in [1.54, 1.807) is 36.4 Å². The molecule has 0 aliphatic carbocycles. The van der Waals surface area contributed by atoms with Gasteiger partial charge in [0.05, 0.1) is 5.38 Å². The van der Waals surface area contributed by atoms with E-state index in [0.717, 1.165) is 0 Å². The molecule has 94 valence electrons. The monoisotopic (exact) mass is 338 g/mol. The fourth-order valence-corrected chi connectivity index (χ4v) is 3.22. The lowest BCUT2D eigenvalue weighted by molar-refractivity contribution is 1.14. The van der Waals surface area contributed by atoms with Gasteiger partial charge in [0.15, 0.2) is 0 Å². The second-order valence-electron chi connectivity index (χ2n) is 3.66. The smallest absolute Gasteiger partial charge is 0.0879 e. The molecule has 0 N–H and O–H groups in total. The summed E-state index contributed by atoms with van der Waals surface area (Å²) in [5, 5.41) is 1.54. The van der Waals surface area contributed by atoms with Crippen LogP contribution in [0.15, 0.2) is 36.4 Å². The van der Waals surface area contributed by atoms with Gasteiger partial charge in [-0.15, -0.1) is 11.6 Å². The third-order valence-electron chi connectivity index (χ3n) is 2.48. The van der Waals surface area contributed by atoms with Crippen LogP contribution in [0.5, 0.6) is 0 Å². The zero-order valence-corrected chi connectivity index (χ0v) is 12.7. The quantitative estimate of drug-likeness (QED) is 0.538. The van der Waals surface area contributed by atoms with Gasteiger partial charge in [-0.3, -0.25) is 0 Å². The minimum Gasteiger partial charge on any atom is -0.112 e. The number of benzene rings is 2. The van der Waals surface area contributed by atoms with E-state index >= 15 is 0 Å². The van der Waals surface area contributed by atoms with E-state index in [1.165, 1.54) is 0 Å². The summed E-state index contributed by atoms with van der Waals surface area (Å²) < 4.78 is 0. The predicted molar refractivity (Wildman–Crippen MR) is 80.6 cm³/mol. The topological polar surface area (TPSA) is 0 Å². The van der Waals surface area contributed by atoms with Crippen molar-refractivity contribution in [3.8, 4) is 0 Å². The molecule has 0 fully saturated rings. The van der Waals surface area contributed by atoms with Crippen LogP contribution >= 0.6 is 58.0 Å². The Kier molecular flexibility index (Phi) is 4.69. The summed E-state index contributed by atoms with van der Waals surface area (Å²) in [6, 6.07) is 10.3. The molecule has 2 aromatic rings. The van der Waals surface area contributed by atoms with Crippen LogP contribution in [0.25, 0.3) is 0 Å². The number of alkyl halides is 1. The first kappa shape index (κ1) is 14.3. The summed E-state index contributed by atoms with van der Waals surface area (Å²) in [6.07, 6.45) is 0. The Bertz CT molecular complexity index is 559. The van der Waals surface area contributed by atoms with E-state index in [4.69, 9.17) is 58.0 Å². The maximum absolute atomic E-state index is 6.41. The Balaban J connectivity index is 2.54. The Morgan fingerprint density at radius 1 is 0.778 bits per heavy atom. The maximum Gasteiger partial charge on any atom is 0.0879 e. The van der Waals surface area contributed by atoms with Crippen LogP contribution < -0.4 is 0 Å². The molecule has 0 saturated heterocycles. The van der Waals surface area contributed by atoms with Crippen molar-refractivity contribution in [3.63, 3.8) is 0 Å². The van der Waals surface area contributed by atoms with Gasteiger partial charge in [-0.05, 0) is 35.9 Å². The molecule has 5 heteroatoms. The third-order valence-corrected chi connectivity index (χ3v) is 4.18. The molecule has 0 aliphatic rings. The number of halogens is 5. The van der Waals surface area contributed by atoms with Crippen molar-refractivity contribution in [2.45, 2.75) is 5.38 Å². The van der Waals surface area contributed by atoms with Crippen LogP contribution in [0.4, 0.5) is 0 Å². The summed E-state index contributed by atoms with van der Waals surface area (Å²) in [4.78, 5) is 0. The average molecular weight is 340 g/mol. The van der Waals surface area contributed by atoms with Crippen molar-refractivity contribution in [3.05, 3.63) is 67.6 Å². The Morgan fingerprint density at radius 2 is 1.39 bits per heavy atom. The third kappa shape index (κ3) is 2.89. The molecule has 18 heavy (non-hydrogen) atoms. The highest BCUT2D eigenvalue weighted by Gasteiger charge is 2.20. The van der Waals surface area contributed by atoms with E-state index in [1.807, 2.05) is 0 Å². The maximum atomic E-state index is 6.41. The molecule has 2 aromatic carbocycles. The van der Waals surface area contributed by atoms with Gasteiger partial charge < -0.3 is 0 Å². The van der Waals surface area contributed by atoms with Gasteiger partial charge in [0.2, 0.25) is 0 Å². The van der Waals surface area contributed by atoms with Crippen molar-refractivity contribution in [1.29, 1.82) is 0 Å². The lowest BCUT2D eigenvalue weighted by atomic mass is 10.0. The van der Waals surface area contributed by atoms with E-state index in [2.05, 4.69) is 0 Å². The molecule has 0 spiro atoms. The molecule has 0 radical (unpaired) electrons. The standard InChI is InChI=1S/C13H7Cl5/c14-7-4-5-9(15)8(6-7)13(18)12-10(16)2-1-3-11(12)17/h1-6,13H. The van der Waals surface area contributed by atoms with Gasteiger partial charge in [-0.1, -0.05) is 52.5 Å². The second-order valence-corrected chi connectivity index (χ2v) is 5.76. The highest BCUT2D eigenvalue weighted by atomic mass is 35.5. The van der Waals surface area contributed by atoms with Gasteiger partial charge in [0.25, 0.3) is 0 Å². The molecule has 0 amide bonds. The number of hydrogen-bond acceptors (Lipinski definition) is 0. The fourth-order valence-electron chi connectivity index (χ4n) is 1.62. The zero-order chi connectivity index (χ0) is 13.3. The molecule has 0 bridgehead atoms. The van der Waals surface area contributed by atoms with Crippen LogP contribution in [0, 0.1) is 0 Å². The fraction of sp³-hybridized carbons (Fsp3) is 0.0769. The molecule has 0 aromatic heterocycles. The Morgan fingerprint density at radius 3 is 2.00 bits per heavy atom. The molecule has 0 saturated carbocycles. The van der Waals surface area contributed by atoms with Crippen molar-refractivity contribution < 1.29 is 0 Å². The number of rotatable bonds is 2. The van der Waals surface area contributed by atoms with E-state index in [0.29, 0.717) is 31.2 Å². The molecular formula is C13H7Cl5. The van der Waals surface area contributed by atoms with Crippen LogP contribution in [0.3, 0.4) is 0 Å². The van der Waals surface area contributed by atoms with Gasteiger partial charge >= 0.3 is 0 Å². The minimum absolute atomic E-state index is 0.499. The van der Waals surface area contributed by atoms with Crippen molar-refractivity contribution in [1.82, 2.24) is 0 Å². The first-order valence-electron chi connectivity index (χ1n) is 5.03. The first-order chi connectivity index (χ1) is 8.50. The lowest BCUT2D eigenvalue weighted by Crippen LogP contribution is -1.97. The molecular weight excluding hydrogens is 333 g/mol. The van der Waals surface area contributed by atoms with Gasteiger partial charge in [-0.2, -0.15) is 0 Å². The number of hydrogen-bond donors (Lipinski definition) is 0. The summed E-state index contributed by atoms with van der Waals surface area (Å²) in [6.45, 7) is 0. The highest BCUT2D eigenvalue weighted by Crippen LogP contribution is 2.41. The van der Waals surface area contributed by atoms with Crippen molar-refractivity contribution in [2.75, 3.05) is 0 Å². The first-order valence-corrected chi connectivity index (χ1v) is 6.98. The molecule has 1 unspecified atom stereocenters. The Labute approximate surface area is 130 Å². The molecule has 0 aliphatic heterocycles. The summed E-state index contributed by atoms with van der Waals surface area (Å²) in [7, 11) is 0. The van der Waals surface area contributed by atoms with Crippen LogP contribution in [0.1, 0.15) is 16.5 Å². The Hall–Kier alpha value is -0.110. The van der Waals surface area contributed by atoms with E-state index < -0.39 is 5.38 Å². The SMILES string of the molecule is Clc1ccc(Cl)c(C(Cl)c2c(Cl)cccc2Cl)c1. The molecule has 1 atom stereocenters. The van der Waals surface area contributed by atoms with Gasteiger partial charge in [-0.25, -0.2) is 0 Å². The second kappa shape index (κ2) is 5.90.